The molecule has 0 aliphatic rings. The van der Waals surface area contributed by atoms with Crippen molar-refractivity contribution in [2.45, 2.75) is 6.54 Å². The Hall–Kier alpha value is -2.60. The molecule has 1 amide bonds. The van der Waals surface area contributed by atoms with Gasteiger partial charge < -0.3 is 15.4 Å². The molecule has 0 spiro atoms. The van der Waals surface area contributed by atoms with Gasteiger partial charge in [-0.05, 0) is 17.7 Å². The molecular formula is C14H11ClN2O4. The molecule has 0 saturated carbocycles. The number of aromatic carboxylic acids is 1. The molecule has 2 aromatic rings. The minimum Gasteiger partial charge on any atom is -0.477 e. The van der Waals surface area contributed by atoms with E-state index in [1.54, 1.807) is 6.07 Å². The number of nitrogens with zero attached hydrogens (tertiary/aromatic N) is 1. The van der Waals surface area contributed by atoms with Crippen LogP contribution in [0.1, 0.15) is 26.3 Å². The molecule has 0 radical (unpaired) electrons. The lowest BCUT2D eigenvalue weighted by Gasteiger charge is -2.09. The summed E-state index contributed by atoms with van der Waals surface area (Å²) in [6, 6.07) is 5.78. The van der Waals surface area contributed by atoms with Crippen molar-refractivity contribution in [2.24, 2.45) is 5.73 Å². The monoisotopic (exact) mass is 306 g/mol. The SMILES string of the molecule is NC(=O)c1ccc(Cn2ccc(=O)c(C(=O)O)c2)c(Cl)c1. The number of pyridine rings is 1. The first kappa shape index (κ1) is 14.8. The van der Waals surface area contributed by atoms with E-state index in [1.807, 2.05) is 0 Å². The van der Waals surface area contributed by atoms with Gasteiger partial charge in [0, 0.05) is 35.6 Å². The van der Waals surface area contributed by atoms with Gasteiger partial charge in [-0.3, -0.25) is 9.59 Å². The summed E-state index contributed by atoms with van der Waals surface area (Å²) in [5.41, 5.74) is 5.23. The van der Waals surface area contributed by atoms with E-state index in [0.29, 0.717) is 10.6 Å². The molecule has 21 heavy (non-hydrogen) atoms. The zero-order valence-electron chi connectivity index (χ0n) is 10.7. The summed E-state index contributed by atoms with van der Waals surface area (Å²) in [5, 5.41) is 9.25. The first-order valence-electron chi connectivity index (χ1n) is 5.90. The van der Waals surface area contributed by atoms with Gasteiger partial charge in [0.15, 0.2) is 5.43 Å². The first-order chi connectivity index (χ1) is 9.88. The number of rotatable bonds is 4. The molecule has 0 aliphatic heterocycles. The number of halogens is 1. The van der Waals surface area contributed by atoms with Crippen molar-refractivity contribution in [3.63, 3.8) is 0 Å². The van der Waals surface area contributed by atoms with Crippen LogP contribution in [0.3, 0.4) is 0 Å². The molecule has 3 N–H and O–H groups in total. The van der Waals surface area contributed by atoms with E-state index in [0.717, 1.165) is 0 Å². The Bertz CT molecular complexity index is 783. The summed E-state index contributed by atoms with van der Waals surface area (Å²) in [7, 11) is 0. The smallest absolute Gasteiger partial charge is 0.341 e. The molecule has 0 unspecified atom stereocenters. The molecule has 6 nitrogen and oxygen atoms in total. The second-order valence-electron chi connectivity index (χ2n) is 4.37. The molecule has 0 atom stereocenters. The van der Waals surface area contributed by atoms with E-state index < -0.39 is 17.3 Å². The number of aromatic nitrogens is 1. The lowest BCUT2D eigenvalue weighted by molar-refractivity contribution is 0.0694. The zero-order chi connectivity index (χ0) is 15.6. The van der Waals surface area contributed by atoms with Crippen LogP contribution in [0.15, 0.2) is 41.5 Å². The van der Waals surface area contributed by atoms with Gasteiger partial charge in [-0.25, -0.2) is 4.79 Å². The van der Waals surface area contributed by atoms with Crippen LogP contribution in [0.25, 0.3) is 0 Å². The fourth-order valence-corrected chi connectivity index (χ4v) is 2.05. The predicted molar refractivity (Wildman–Crippen MR) is 76.7 cm³/mol. The Morgan fingerprint density at radius 1 is 1.29 bits per heavy atom. The number of benzene rings is 1. The van der Waals surface area contributed by atoms with E-state index in [2.05, 4.69) is 0 Å². The van der Waals surface area contributed by atoms with Gasteiger partial charge in [0.2, 0.25) is 5.91 Å². The van der Waals surface area contributed by atoms with Crippen molar-refractivity contribution >= 4 is 23.5 Å². The lowest BCUT2D eigenvalue weighted by Crippen LogP contribution is -2.17. The Labute approximate surface area is 124 Å². The van der Waals surface area contributed by atoms with Gasteiger partial charge in [-0.2, -0.15) is 0 Å². The number of carboxylic acids is 1. The van der Waals surface area contributed by atoms with Crippen LogP contribution in [-0.2, 0) is 6.54 Å². The average Bonchev–Trinajstić information content (AvgIpc) is 2.42. The van der Waals surface area contributed by atoms with E-state index in [1.165, 1.54) is 35.2 Å². The van der Waals surface area contributed by atoms with Gasteiger partial charge in [-0.1, -0.05) is 17.7 Å². The standard InChI is InChI=1S/C14H11ClN2O4/c15-11-5-8(13(16)19)1-2-9(11)6-17-4-3-12(18)10(7-17)14(20)21/h1-5,7H,6H2,(H2,16,19)(H,20,21). The Morgan fingerprint density at radius 3 is 2.57 bits per heavy atom. The van der Waals surface area contributed by atoms with Gasteiger partial charge in [0.1, 0.15) is 5.56 Å². The molecule has 0 saturated heterocycles. The quantitative estimate of drug-likeness (QED) is 0.890. The van der Waals surface area contributed by atoms with Gasteiger partial charge >= 0.3 is 5.97 Å². The number of carbonyl (C=O) groups excluding carboxylic acids is 1. The van der Waals surface area contributed by atoms with Crippen LogP contribution < -0.4 is 11.2 Å². The summed E-state index contributed by atoms with van der Waals surface area (Å²) in [6.45, 7) is 0.262. The van der Waals surface area contributed by atoms with Gasteiger partial charge in [0.25, 0.3) is 0 Å². The van der Waals surface area contributed by atoms with Crippen molar-refractivity contribution in [1.29, 1.82) is 0 Å². The highest BCUT2D eigenvalue weighted by Crippen LogP contribution is 2.19. The highest BCUT2D eigenvalue weighted by atomic mass is 35.5. The molecule has 7 heteroatoms. The van der Waals surface area contributed by atoms with Crippen molar-refractivity contribution in [2.75, 3.05) is 0 Å². The number of nitrogens with two attached hydrogens (primary N) is 1. The Balaban J connectivity index is 2.34. The molecule has 0 bridgehead atoms. The van der Waals surface area contributed by atoms with Crippen molar-refractivity contribution in [1.82, 2.24) is 4.57 Å². The van der Waals surface area contributed by atoms with E-state index in [4.69, 9.17) is 22.4 Å². The maximum Gasteiger partial charge on any atom is 0.341 e. The predicted octanol–water partition coefficient (Wildman–Crippen LogP) is 1.35. The summed E-state index contributed by atoms with van der Waals surface area (Å²) >= 11 is 6.06. The molecule has 1 aromatic heterocycles. The summed E-state index contributed by atoms with van der Waals surface area (Å²) < 4.78 is 1.52. The van der Waals surface area contributed by atoms with Crippen LogP contribution in [0.4, 0.5) is 0 Å². The summed E-state index contributed by atoms with van der Waals surface area (Å²) in [5.74, 6) is -1.87. The molecule has 0 aliphatic carbocycles. The van der Waals surface area contributed by atoms with E-state index >= 15 is 0 Å². The Morgan fingerprint density at radius 2 is 2.00 bits per heavy atom. The number of hydrogen-bond acceptors (Lipinski definition) is 3. The van der Waals surface area contributed by atoms with Crippen LogP contribution in [-0.4, -0.2) is 21.6 Å². The largest absolute Gasteiger partial charge is 0.477 e. The topological polar surface area (TPSA) is 102 Å². The minimum atomic E-state index is -1.29. The molecule has 2 rings (SSSR count). The Kier molecular flexibility index (Phi) is 4.09. The van der Waals surface area contributed by atoms with Crippen LogP contribution in [0.2, 0.25) is 5.02 Å². The van der Waals surface area contributed by atoms with Crippen molar-refractivity contribution in [3.8, 4) is 0 Å². The van der Waals surface area contributed by atoms with Crippen LogP contribution >= 0.6 is 11.6 Å². The normalized spacial score (nSPS) is 10.3. The number of primary amides is 1. The second-order valence-corrected chi connectivity index (χ2v) is 4.78. The maximum absolute atomic E-state index is 11.4. The van der Waals surface area contributed by atoms with Crippen molar-refractivity contribution in [3.05, 3.63) is 68.6 Å². The fraction of sp³-hybridized carbons (Fsp3) is 0.0714. The first-order valence-corrected chi connectivity index (χ1v) is 6.28. The van der Waals surface area contributed by atoms with Crippen molar-refractivity contribution < 1.29 is 14.7 Å². The highest BCUT2D eigenvalue weighted by molar-refractivity contribution is 6.31. The third-order valence-corrected chi connectivity index (χ3v) is 3.25. The average molecular weight is 307 g/mol. The molecule has 1 aromatic carbocycles. The van der Waals surface area contributed by atoms with Gasteiger partial charge in [-0.15, -0.1) is 0 Å². The third-order valence-electron chi connectivity index (χ3n) is 2.90. The molecule has 0 fully saturated rings. The summed E-state index contributed by atoms with van der Waals surface area (Å²) in [4.78, 5) is 33.3. The fourth-order valence-electron chi connectivity index (χ4n) is 1.81. The highest BCUT2D eigenvalue weighted by Gasteiger charge is 2.10. The second kappa shape index (κ2) is 5.80. The number of amides is 1. The number of carboxylic acid groups (broad SMARTS) is 1. The number of hydrogen-bond donors (Lipinski definition) is 2. The lowest BCUT2D eigenvalue weighted by atomic mass is 10.1. The maximum atomic E-state index is 11.4. The van der Waals surface area contributed by atoms with Crippen LogP contribution in [0.5, 0.6) is 0 Å². The summed E-state index contributed by atoms with van der Waals surface area (Å²) in [6.07, 6.45) is 2.70. The molecule has 108 valence electrons. The number of carbonyl (C=O) groups is 2. The van der Waals surface area contributed by atoms with E-state index in [-0.39, 0.29) is 17.7 Å². The zero-order valence-corrected chi connectivity index (χ0v) is 11.5. The molecular weight excluding hydrogens is 296 g/mol. The molecule has 1 heterocycles. The van der Waals surface area contributed by atoms with Crippen LogP contribution in [0, 0.1) is 0 Å². The van der Waals surface area contributed by atoms with Gasteiger partial charge in [0.05, 0.1) is 0 Å². The van der Waals surface area contributed by atoms with E-state index in [9.17, 15) is 14.4 Å². The third kappa shape index (κ3) is 3.29. The minimum absolute atomic E-state index is 0.262.